The second-order valence-electron chi connectivity index (χ2n) is 2.84. The van der Waals surface area contributed by atoms with Crippen LogP contribution >= 0.6 is 0 Å². The number of aromatic hydroxyl groups is 1. The molecular formula is C10H12O4. The maximum absolute atomic E-state index is 10.7. The minimum Gasteiger partial charge on any atom is -0.508 e. The van der Waals surface area contributed by atoms with Crippen molar-refractivity contribution in [2.75, 3.05) is 13.9 Å². The molecule has 0 fully saturated rings. The molecule has 1 aromatic rings. The van der Waals surface area contributed by atoms with Gasteiger partial charge >= 0.3 is 0 Å². The number of benzene rings is 1. The molecule has 0 aliphatic heterocycles. The van der Waals surface area contributed by atoms with Crippen molar-refractivity contribution in [1.82, 2.24) is 0 Å². The van der Waals surface area contributed by atoms with Gasteiger partial charge in [0.05, 0.1) is 5.56 Å². The Morgan fingerprint density at radius 3 is 2.79 bits per heavy atom. The first-order valence-electron chi connectivity index (χ1n) is 4.09. The summed E-state index contributed by atoms with van der Waals surface area (Å²) in [5.74, 6) is 0.401. The van der Waals surface area contributed by atoms with Gasteiger partial charge in [-0.3, -0.25) is 4.79 Å². The van der Waals surface area contributed by atoms with Crippen LogP contribution < -0.4 is 4.74 Å². The number of hydrogen-bond acceptors (Lipinski definition) is 4. The second-order valence-corrected chi connectivity index (χ2v) is 2.84. The molecule has 14 heavy (non-hydrogen) atoms. The molecule has 0 amide bonds. The van der Waals surface area contributed by atoms with E-state index in [2.05, 4.69) is 0 Å². The number of aryl methyl sites for hydroxylation is 1. The van der Waals surface area contributed by atoms with Crippen molar-refractivity contribution in [3.05, 3.63) is 23.3 Å². The van der Waals surface area contributed by atoms with E-state index in [4.69, 9.17) is 9.47 Å². The summed E-state index contributed by atoms with van der Waals surface area (Å²) in [6.07, 6.45) is 0.694. The lowest BCUT2D eigenvalue weighted by Crippen LogP contribution is -2.02. The van der Waals surface area contributed by atoms with E-state index < -0.39 is 0 Å². The van der Waals surface area contributed by atoms with Crippen LogP contribution in [0.5, 0.6) is 11.5 Å². The Morgan fingerprint density at radius 2 is 2.21 bits per heavy atom. The highest BCUT2D eigenvalue weighted by Crippen LogP contribution is 2.26. The molecule has 0 saturated carbocycles. The monoisotopic (exact) mass is 196 g/mol. The molecule has 4 nitrogen and oxygen atoms in total. The van der Waals surface area contributed by atoms with Gasteiger partial charge in [-0.15, -0.1) is 0 Å². The van der Waals surface area contributed by atoms with Crippen LogP contribution in [0.2, 0.25) is 0 Å². The van der Waals surface area contributed by atoms with Gasteiger partial charge in [-0.2, -0.15) is 0 Å². The quantitative estimate of drug-likeness (QED) is 0.585. The minimum atomic E-state index is 0.0454. The first-order chi connectivity index (χ1) is 6.69. The topological polar surface area (TPSA) is 55.8 Å². The third kappa shape index (κ3) is 2.23. The second kappa shape index (κ2) is 4.62. The van der Waals surface area contributed by atoms with Gasteiger partial charge in [0.2, 0.25) is 0 Å². The molecule has 1 N–H and O–H groups in total. The van der Waals surface area contributed by atoms with Crippen LogP contribution in [0.4, 0.5) is 0 Å². The Balaban J connectivity index is 3.05. The largest absolute Gasteiger partial charge is 0.508 e. The first kappa shape index (κ1) is 10.5. The van der Waals surface area contributed by atoms with Crippen LogP contribution in [-0.2, 0) is 4.74 Å². The zero-order valence-electron chi connectivity index (χ0n) is 8.11. The van der Waals surface area contributed by atoms with Crippen molar-refractivity contribution < 1.29 is 19.4 Å². The maximum Gasteiger partial charge on any atom is 0.188 e. The van der Waals surface area contributed by atoms with Crippen molar-refractivity contribution in [3.8, 4) is 11.5 Å². The van der Waals surface area contributed by atoms with Gasteiger partial charge in [0, 0.05) is 13.2 Å². The number of carbonyl (C=O) groups is 1. The van der Waals surface area contributed by atoms with Crippen molar-refractivity contribution in [3.63, 3.8) is 0 Å². The Morgan fingerprint density at radius 1 is 1.50 bits per heavy atom. The van der Waals surface area contributed by atoms with E-state index in [9.17, 15) is 9.90 Å². The predicted octanol–water partition coefficient (Wildman–Crippen LogP) is 1.50. The Kier molecular flexibility index (Phi) is 3.48. The highest BCUT2D eigenvalue weighted by molar-refractivity contribution is 5.82. The minimum absolute atomic E-state index is 0.0454. The van der Waals surface area contributed by atoms with Crippen LogP contribution in [0.25, 0.3) is 0 Å². The lowest BCUT2D eigenvalue weighted by Gasteiger charge is -2.09. The SMILES string of the molecule is COCOc1cc(O)cc(C)c1C=O. The standard InChI is InChI=1S/C10H12O4/c1-7-3-8(12)4-10(9(7)5-11)14-6-13-2/h3-5,12H,6H2,1-2H3. The highest BCUT2D eigenvalue weighted by atomic mass is 16.7. The number of ether oxygens (including phenoxy) is 2. The van der Waals surface area contributed by atoms with Gasteiger partial charge in [0.25, 0.3) is 0 Å². The zero-order chi connectivity index (χ0) is 10.6. The Bertz CT molecular complexity index is 333. The van der Waals surface area contributed by atoms with E-state index >= 15 is 0 Å². The molecule has 0 radical (unpaired) electrons. The van der Waals surface area contributed by atoms with E-state index in [0.29, 0.717) is 23.2 Å². The van der Waals surface area contributed by atoms with Gasteiger partial charge in [0.15, 0.2) is 13.1 Å². The van der Waals surface area contributed by atoms with E-state index in [1.807, 2.05) is 0 Å². The molecule has 1 rings (SSSR count). The van der Waals surface area contributed by atoms with Gasteiger partial charge in [0.1, 0.15) is 11.5 Å². The van der Waals surface area contributed by atoms with E-state index in [1.54, 1.807) is 6.92 Å². The highest BCUT2D eigenvalue weighted by Gasteiger charge is 2.08. The van der Waals surface area contributed by atoms with E-state index in [0.717, 1.165) is 0 Å². The molecule has 0 aliphatic carbocycles. The summed E-state index contributed by atoms with van der Waals surface area (Å²) in [5, 5.41) is 9.28. The van der Waals surface area contributed by atoms with Crippen LogP contribution in [0.1, 0.15) is 15.9 Å². The number of carbonyl (C=O) groups excluding carboxylic acids is 1. The van der Waals surface area contributed by atoms with Gasteiger partial charge in [-0.1, -0.05) is 0 Å². The van der Waals surface area contributed by atoms with Crippen LogP contribution in [0, 0.1) is 6.92 Å². The number of phenols is 1. The molecule has 0 aromatic heterocycles. The zero-order valence-corrected chi connectivity index (χ0v) is 8.11. The van der Waals surface area contributed by atoms with E-state index in [1.165, 1.54) is 19.2 Å². The third-order valence-electron chi connectivity index (χ3n) is 1.78. The summed E-state index contributed by atoms with van der Waals surface area (Å²) in [5.41, 5.74) is 1.10. The molecule has 4 heteroatoms. The number of aldehydes is 1. The molecule has 0 atom stereocenters. The molecule has 1 aromatic carbocycles. The molecular weight excluding hydrogens is 184 g/mol. The summed E-state index contributed by atoms with van der Waals surface area (Å²) in [6, 6.07) is 2.89. The fraction of sp³-hybridized carbons (Fsp3) is 0.300. The van der Waals surface area contributed by atoms with E-state index in [-0.39, 0.29) is 12.5 Å². The molecule has 0 bridgehead atoms. The van der Waals surface area contributed by atoms with Crippen molar-refractivity contribution in [2.45, 2.75) is 6.92 Å². The van der Waals surface area contributed by atoms with Gasteiger partial charge in [-0.05, 0) is 18.6 Å². The molecule has 0 saturated heterocycles. The Labute approximate surface area is 82.1 Å². The number of phenolic OH excluding ortho intramolecular Hbond substituents is 1. The normalized spacial score (nSPS) is 9.86. The molecule has 0 spiro atoms. The van der Waals surface area contributed by atoms with Crippen LogP contribution in [0.15, 0.2) is 12.1 Å². The predicted molar refractivity (Wildman–Crippen MR) is 50.7 cm³/mol. The van der Waals surface area contributed by atoms with Gasteiger partial charge < -0.3 is 14.6 Å². The number of rotatable bonds is 4. The fourth-order valence-corrected chi connectivity index (χ4v) is 1.14. The van der Waals surface area contributed by atoms with Crippen molar-refractivity contribution in [2.24, 2.45) is 0 Å². The first-order valence-corrected chi connectivity index (χ1v) is 4.09. The molecule has 76 valence electrons. The van der Waals surface area contributed by atoms with Gasteiger partial charge in [-0.25, -0.2) is 0 Å². The molecule has 0 heterocycles. The summed E-state index contributed by atoms with van der Waals surface area (Å²) in [4.78, 5) is 10.7. The summed E-state index contributed by atoms with van der Waals surface area (Å²) in [6.45, 7) is 1.77. The van der Waals surface area contributed by atoms with Crippen LogP contribution in [0.3, 0.4) is 0 Å². The fourth-order valence-electron chi connectivity index (χ4n) is 1.14. The lowest BCUT2D eigenvalue weighted by atomic mass is 10.1. The lowest BCUT2D eigenvalue weighted by molar-refractivity contribution is 0.0503. The smallest absolute Gasteiger partial charge is 0.188 e. The summed E-state index contributed by atoms with van der Waals surface area (Å²) in [7, 11) is 1.48. The molecule has 0 unspecified atom stereocenters. The molecule has 0 aliphatic rings. The van der Waals surface area contributed by atoms with Crippen molar-refractivity contribution >= 4 is 6.29 Å². The number of methoxy groups -OCH3 is 1. The Hall–Kier alpha value is -1.55. The summed E-state index contributed by atoms with van der Waals surface area (Å²) < 4.78 is 9.83. The average Bonchev–Trinajstić information content (AvgIpc) is 2.14. The van der Waals surface area contributed by atoms with Crippen molar-refractivity contribution in [1.29, 1.82) is 0 Å². The number of hydrogen-bond donors (Lipinski definition) is 1. The summed E-state index contributed by atoms with van der Waals surface area (Å²) >= 11 is 0. The third-order valence-corrected chi connectivity index (χ3v) is 1.78. The maximum atomic E-state index is 10.7. The van der Waals surface area contributed by atoms with Crippen LogP contribution in [-0.4, -0.2) is 25.3 Å². The average molecular weight is 196 g/mol.